The fourth-order valence-electron chi connectivity index (χ4n) is 7.41. The van der Waals surface area contributed by atoms with Gasteiger partial charge in [-0.2, -0.15) is 0 Å². The SMILES string of the molecule is Cc1cccc(C(c2cccc(C)c2)n2cccc(C(=O)N[C@@H](CCCN=C(N)NS(=O)(=O)c3c(C)c(C)c4c(c3C)CCC(C)(C)O4)C(=O)OC(C)(C)C)c2=O)c1. The first-order valence-electron chi connectivity index (χ1n) is 19.6. The third-order valence-electron chi connectivity index (χ3n) is 10.3. The quantitative estimate of drug-likeness (QED) is 0.0619. The number of esters is 1. The molecule has 0 fully saturated rings. The number of aliphatic imine (C=N–C) groups is 1. The molecule has 4 N–H and O–H groups in total. The van der Waals surface area contributed by atoms with E-state index in [-0.39, 0.29) is 41.4 Å². The van der Waals surface area contributed by atoms with E-state index in [1.54, 1.807) is 46.9 Å². The lowest BCUT2D eigenvalue weighted by Crippen LogP contribution is -2.46. The largest absolute Gasteiger partial charge is 0.487 e. The standard InChI is InChI=1S/C45H57N5O7S/c1-27-15-11-17-32(25-27)37(33-18-12-16-28(2)26-33)50-24-14-19-35(41(50)52)40(51)48-36(42(53)57-44(6,7)8)20-13-23-47-43(46)49-58(54,55)39-30(4)29(3)38-34(31(39)5)21-22-45(9,10)56-38/h11-12,14-19,24-26,36-37H,13,20-23H2,1-10H3,(H,48,51)(H3,46,47,49)/t36-/m0/s1. The molecule has 13 heteroatoms. The summed E-state index contributed by atoms with van der Waals surface area (Å²) >= 11 is 0. The zero-order valence-corrected chi connectivity index (χ0v) is 36.1. The van der Waals surface area contributed by atoms with Gasteiger partial charge in [0.2, 0.25) is 5.96 Å². The van der Waals surface area contributed by atoms with Crippen LogP contribution in [0.3, 0.4) is 0 Å². The van der Waals surface area contributed by atoms with E-state index in [1.807, 2.05) is 83.1 Å². The van der Waals surface area contributed by atoms with Gasteiger partial charge in [0.1, 0.15) is 28.6 Å². The van der Waals surface area contributed by atoms with Crippen LogP contribution in [-0.4, -0.2) is 54.6 Å². The van der Waals surface area contributed by atoms with E-state index >= 15 is 0 Å². The molecular formula is C45H57N5O7S. The van der Waals surface area contributed by atoms with Crippen LogP contribution in [0.25, 0.3) is 0 Å². The van der Waals surface area contributed by atoms with Gasteiger partial charge in [0.15, 0.2) is 0 Å². The topological polar surface area (TPSA) is 171 Å². The van der Waals surface area contributed by atoms with Crippen LogP contribution < -0.4 is 26.1 Å². The predicted octanol–water partition coefficient (Wildman–Crippen LogP) is 6.65. The summed E-state index contributed by atoms with van der Waals surface area (Å²) in [4.78, 5) is 45.8. The minimum Gasteiger partial charge on any atom is -0.487 e. The molecule has 1 amide bonds. The number of carbonyl (C=O) groups excluding carboxylic acids is 2. The molecule has 3 aromatic carbocycles. The average Bonchev–Trinajstić information content (AvgIpc) is 3.11. The second-order valence-electron chi connectivity index (χ2n) is 16.8. The van der Waals surface area contributed by atoms with E-state index in [2.05, 4.69) is 15.0 Å². The molecule has 0 spiro atoms. The van der Waals surface area contributed by atoms with Crippen LogP contribution in [0, 0.1) is 34.6 Å². The zero-order chi connectivity index (χ0) is 42.7. The highest BCUT2D eigenvalue weighted by Gasteiger charge is 2.34. The van der Waals surface area contributed by atoms with Gasteiger partial charge in [0.25, 0.3) is 21.5 Å². The van der Waals surface area contributed by atoms with Crippen molar-refractivity contribution in [3.05, 3.63) is 127 Å². The number of nitrogens with two attached hydrogens (primary N) is 1. The molecule has 0 saturated heterocycles. The average molecular weight is 812 g/mol. The summed E-state index contributed by atoms with van der Waals surface area (Å²) in [7, 11) is -4.12. The third-order valence-corrected chi connectivity index (χ3v) is 11.9. The van der Waals surface area contributed by atoms with Crippen LogP contribution in [-0.2, 0) is 26.0 Å². The molecule has 1 aliphatic heterocycles. The Kier molecular flexibility index (Phi) is 13.0. The molecule has 1 aromatic heterocycles. The lowest BCUT2D eigenvalue weighted by atomic mass is 9.88. The van der Waals surface area contributed by atoms with Crippen molar-refractivity contribution in [2.45, 2.75) is 123 Å². The number of nitrogens with one attached hydrogen (secondary N) is 2. The summed E-state index contributed by atoms with van der Waals surface area (Å²) in [6.07, 6.45) is 3.37. The van der Waals surface area contributed by atoms with Crippen molar-refractivity contribution in [2.75, 3.05) is 6.54 Å². The molecule has 0 saturated carbocycles. The number of benzene rings is 3. The summed E-state index contributed by atoms with van der Waals surface area (Å²) in [5, 5.41) is 2.73. The molecule has 58 heavy (non-hydrogen) atoms. The van der Waals surface area contributed by atoms with E-state index in [1.165, 1.54) is 10.6 Å². The van der Waals surface area contributed by atoms with Gasteiger partial charge >= 0.3 is 5.97 Å². The number of fused-ring (bicyclic) bond motifs is 1. The molecule has 0 radical (unpaired) electrons. The van der Waals surface area contributed by atoms with Crippen LogP contribution in [0.4, 0.5) is 0 Å². The van der Waals surface area contributed by atoms with Crippen molar-refractivity contribution in [3.63, 3.8) is 0 Å². The molecule has 0 unspecified atom stereocenters. The second kappa shape index (κ2) is 17.2. The van der Waals surface area contributed by atoms with E-state index in [4.69, 9.17) is 15.2 Å². The number of guanidine groups is 1. The number of pyridine rings is 1. The normalized spacial score (nSPS) is 14.6. The summed E-state index contributed by atoms with van der Waals surface area (Å²) in [5.41, 5.74) is 10.8. The predicted molar refractivity (Wildman–Crippen MR) is 227 cm³/mol. The molecule has 0 aliphatic carbocycles. The molecule has 1 aliphatic rings. The van der Waals surface area contributed by atoms with Gasteiger partial charge in [-0.05, 0) is 140 Å². The van der Waals surface area contributed by atoms with Crippen LogP contribution in [0.15, 0.2) is 81.5 Å². The Morgan fingerprint density at radius 3 is 2.16 bits per heavy atom. The summed E-state index contributed by atoms with van der Waals surface area (Å²) in [6, 6.07) is 17.1. The third kappa shape index (κ3) is 10.2. The Morgan fingerprint density at radius 2 is 1.57 bits per heavy atom. The number of hydrogen-bond acceptors (Lipinski definition) is 8. The number of nitrogens with zero attached hydrogens (tertiary/aromatic N) is 2. The molecule has 5 rings (SSSR count). The number of sulfonamides is 1. The number of carbonyl (C=O) groups is 2. The number of aryl methyl sites for hydroxylation is 2. The lowest BCUT2D eigenvalue weighted by molar-refractivity contribution is -0.157. The second-order valence-corrected chi connectivity index (χ2v) is 18.4. The van der Waals surface area contributed by atoms with Crippen molar-refractivity contribution in [1.29, 1.82) is 0 Å². The first-order chi connectivity index (χ1) is 27.1. The van der Waals surface area contributed by atoms with E-state index in [9.17, 15) is 22.8 Å². The summed E-state index contributed by atoms with van der Waals surface area (Å²) in [5.74, 6) is -1.01. The van der Waals surface area contributed by atoms with Crippen LogP contribution >= 0.6 is 0 Å². The van der Waals surface area contributed by atoms with Crippen LogP contribution in [0.2, 0.25) is 0 Å². The van der Waals surface area contributed by atoms with Crippen molar-refractivity contribution in [2.24, 2.45) is 10.7 Å². The Balaban J connectivity index is 1.34. The van der Waals surface area contributed by atoms with Gasteiger partial charge in [0, 0.05) is 12.7 Å². The fraction of sp³-hybridized carbons (Fsp3) is 0.422. The Morgan fingerprint density at radius 1 is 0.948 bits per heavy atom. The van der Waals surface area contributed by atoms with Gasteiger partial charge in [-0.3, -0.25) is 14.6 Å². The number of hydrogen-bond donors (Lipinski definition) is 3. The van der Waals surface area contributed by atoms with Crippen molar-refractivity contribution in [1.82, 2.24) is 14.6 Å². The van der Waals surface area contributed by atoms with Gasteiger partial charge in [-0.1, -0.05) is 59.7 Å². The minimum atomic E-state index is -4.12. The number of ether oxygens (including phenoxy) is 2. The van der Waals surface area contributed by atoms with E-state index in [0.717, 1.165) is 45.6 Å². The first kappa shape index (κ1) is 43.7. The fourth-order valence-corrected chi connectivity index (χ4v) is 8.93. The Labute approximate surface area is 342 Å². The van der Waals surface area contributed by atoms with Crippen LogP contribution in [0.5, 0.6) is 5.75 Å². The maximum absolute atomic E-state index is 14.1. The smallest absolute Gasteiger partial charge is 0.329 e. The van der Waals surface area contributed by atoms with Gasteiger partial charge in [-0.25, -0.2) is 17.9 Å². The molecular weight excluding hydrogens is 755 g/mol. The molecule has 12 nitrogen and oxygen atoms in total. The number of aromatic nitrogens is 1. The number of rotatable bonds is 12. The highest BCUT2D eigenvalue weighted by atomic mass is 32.2. The van der Waals surface area contributed by atoms with Gasteiger partial charge in [0.05, 0.1) is 10.9 Å². The highest BCUT2D eigenvalue weighted by molar-refractivity contribution is 7.90. The van der Waals surface area contributed by atoms with Crippen molar-refractivity contribution >= 4 is 27.9 Å². The lowest BCUT2D eigenvalue weighted by Gasteiger charge is -2.35. The van der Waals surface area contributed by atoms with E-state index in [0.29, 0.717) is 17.5 Å². The maximum atomic E-state index is 14.1. The number of amides is 1. The van der Waals surface area contributed by atoms with Crippen molar-refractivity contribution < 1.29 is 27.5 Å². The molecule has 1 atom stereocenters. The molecule has 2 heterocycles. The summed E-state index contributed by atoms with van der Waals surface area (Å²) in [6.45, 7) is 18.5. The van der Waals surface area contributed by atoms with Gasteiger partial charge in [-0.15, -0.1) is 0 Å². The monoisotopic (exact) mass is 811 g/mol. The molecule has 310 valence electrons. The van der Waals surface area contributed by atoms with Crippen LogP contribution in [0.1, 0.15) is 115 Å². The van der Waals surface area contributed by atoms with Crippen molar-refractivity contribution in [3.8, 4) is 5.75 Å². The Hall–Kier alpha value is -5.43. The summed E-state index contributed by atoms with van der Waals surface area (Å²) < 4.78 is 43.3. The first-order valence-corrected chi connectivity index (χ1v) is 21.1. The van der Waals surface area contributed by atoms with Gasteiger partial charge < -0.3 is 25.1 Å². The highest BCUT2D eigenvalue weighted by Crippen LogP contribution is 2.42. The maximum Gasteiger partial charge on any atom is 0.329 e. The Bertz CT molecular complexity index is 2370. The zero-order valence-electron chi connectivity index (χ0n) is 35.3. The molecule has 4 aromatic rings. The molecule has 0 bridgehead atoms. The minimum absolute atomic E-state index is 0.0282. The van der Waals surface area contributed by atoms with E-state index < -0.39 is 45.1 Å².